The number of hydrogen-bond donors (Lipinski definition) is 3. The molecule has 1 heterocycles. The van der Waals surface area contributed by atoms with E-state index >= 15 is 0 Å². The highest BCUT2D eigenvalue weighted by molar-refractivity contribution is 6.05. The highest BCUT2D eigenvalue weighted by Crippen LogP contribution is 2.35. The molecule has 0 aliphatic rings. The summed E-state index contributed by atoms with van der Waals surface area (Å²) < 4.78 is 39.7. The lowest BCUT2D eigenvalue weighted by molar-refractivity contribution is -0.138. The quantitative estimate of drug-likeness (QED) is 0.275. The van der Waals surface area contributed by atoms with Crippen LogP contribution in [0.4, 0.5) is 24.8 Å². The van der Waals surface area contributed by atoms with Gasteiger partial charge in [0.2, 0.25) is 5.95 Å². The molecule has 9 heteroatoms. The number of carbonyl (C=O) groups is 1. The number of carbonyl (C=O) groups excluding carboxylic acids is 1. The van der Waals surface area contributed by atoms with Crippen molar-refractivity contribution < 1.29 is 23.1 Å². The van der Waals surface area contributed by atoms with E-state index in [2.05, 4.69) is 20.6 Å². The van der Waals surface area contributed by atoms with E-state index in [1.54, 1.807) is 24.4 Å². The van der Waals surface area contributed by atoms with Crippen LogP contribution in [0.5, 0.6) is 0 Å². The van der Waals surface area contributed by atoms with Gasteiger partial charge in [0, 0.05) is 36.0 Å². The van der Waals surface area contributed by atoms with Crippen LogP contribution < -0.4 is 10.6 Å². The topological polar surface area (TPSA) is 87.1 Å². The number of rotatable bonds is 7. The van der Waals surface area contributed by atoms with Crippen LogP contribution in [0.15, 0.2) is 60.8 Å². The van der Waals surface area contributed by atoms with Gasteiger partial charge in [-0.1, -0.05) is 18.2 Å². The number of aryl methyl sites for hydroxylation is 1. The lowest BCUT2D eigenvalue weighted by Crippen LogP contribution is -2.15. The first-order valence-electron chi connectivity index (χ1n) is 11.4. The average molecular weight is 495 g/mol. The summed E-state index contributed by atoms with van der Waals surface area (Å²) in [6.07, 6.45) is -2.20. The first-order valence-corrected chi connectivity index (χ1v) is 11.4. The van der Waals surface area contributed by atoms with Gasteiger partial charge in [-0.3, -0.25) is 4.79 Å². The summed E-state index contributed by atoms with van der Waals surface area (Å²) in [5.74, 6) is -0.0233. The molecule has 3 aromatic carbocycles. The van der Waals surface area contributed by atoms with Crippen molar-refractivity contribution in [2.24, 2.45) is 0 Å². The molecule has 1 aromatic heterocycles. The summed E-state index contributed by atoms with van der Waals surface area (Å²) in [5, 5.41) is 15.4. The second-order valence-electron chi connectivity index (χ2n) is 8.43. The summed E-state index contributed by atoms with van der Waals surface area (Å²) in [7, 11) is 0. The zero-order valence-electron chi connectivity index (χ0n) is 19.8. The van der Waals surface area contributed by atoms with E-state index in [-0.39, 0.29) is 17.9 Å². The number of fused-ring (bicyclic) bond motifs is 1. The molecule has 6 nitrogen and oxygen atoms in total. The number of benzene rings is 3. The standard InChI is InChI=1S/C27H25F3N4O2/c1-16-7-8-19(25(36)33-23-6-3-5-22(17(23)2)27(28,29)30)14-21(16)18-9-10-24-20(13-18)15-32-26(34-24)31-11-4-12-35/h3,5-10,13-15,35H,4,11-12H2,1-2H3,(H,33,36)(H,31,32,34). The molecule has 4 rings (SSSR count). The van der Waals surface area contributed by atoms with E-state index in [0.29, 0.717) is 24.5 Å². The number of aliphatic hydroxyl groups excluding tert-OH is 1. The van der Waals surface area contributed by atoms with Crippen molar-refractivity contribution in [1.29, 1.82) is 0 Å². The predicted octanol–water partition coefficient (Wildman–Crippen LogP) is 5.98. The molecule has 0 bridgehead atoms. The van der Waals surface area contributed by atoms with Gasteiger partial charge in [0.15, 0.2) is 0 Å². The molecule has 0 spiro atoms. The van der Waals surface area contributed by atoms with Crippen LogP contribution >= 0.6 is 0 Å². The number of halogens is 3. The van der Waals surface area contributed by atoms with E-state index in [9.17, 15) is 18.0 Å². The van der Waals surface area contributed by atoms with Crippen molar-refractivity contribution in [3.63, 3.8) is 0 Å². The highest BCUT2D eigenvalue weighted by Gasteiger charge is 2.33. The van der Waals surface area contributed by atoms with E-state index in [4.69, 9.17) is 5.11 Å². The first-order chi connectivity index (χ1) is 17.2. The van der Waals surface area contributed by atoms with Crippen LogP contribution in [0.2, 0.25) is 0 Å². The SMILES string of the molecule is Cc1ccc(C(=O)Nc2cccc(C(F)(F)F)c2C)cc1-c1ccc2nc(NCCCO)ncc2c1. The van der Waals surface area contributed by atoms with Gasteiger partial charge in [0.25, 0.3) is 5.91 Å². The Morgan fingerprint density at radius 3 is 2.61 bits per heavy atom. The minimum atomic E-state index is -4.50. The van der Waals surface area contributed by atoms with Crippen LogP contribution in [-0.4, -0.2) is 34.1 Å². The van der Waals surface area contributed by atoms with Crippen LogP contribution in [-0.2, 0) is 6.18 Å². The zero-order valence-corrected chi connectivity index (χ0v) is 19.8. The number of alkyl halides is 3. The maximum Gasteiger partial charge on any atom is 0.416 e. The molecule has 36 heavy (non-hydrogen) atoms. The predicted molar refractivity (Wildman–Crippen MR) is 134 cm³/mol. The minimum absolute atomic E-state index is 0.0366. The van der Waals surface area contributed by atoms with E-state index in [1.807, 2.05) is 25.1 Å². The van der Waals surface area contributed by atoms with Gasteiger partial charge in [-0.05, 0) is 78.9 Å². The number of nitrogens with zero attached hydrogens (tertiary/aromatic N) is 2. The van der Waals surface area contributed by atoms with Crippen molar-refractivity contribution in [1.82, 2.24) is 9.97 Å². The summed E-state index contributed by atoms with van der Waals surface area (Å²) in [4.78, 5) is 21.7. The number of amides is 1. The molecule has 3 N–H and O–H groups in total. The van der Waals surface area contributed by atoms with Gasteiger partial charge < -0.3 is 15.7 Å². The van der Waals surface area contributed by atoms with Crippen LogP contribution in [0.1, 0.15) is 33.5 Å². The molecule has 0 unspecified atom stereocenters. The maximum absolute atomic E-state index is 13.2. The van der Waals surface area contributed by atoms with E-state index in [0.717, 1.165) is 33.7 Å². The third-order valence-electron chi connectivity index (χ3n) is 5.90. The Morgan fingerprint density at radius 1 is 1.06 bits per heavy atom. The first kappa shape index (κ1) is 25.1. The average Bonchev–Trinajstić information content (AvgIpc) is 2.84. The molecular weight excluding hydrogens is 469 g/mol. The molecule has 186 valence electrons. The number of anilines is 2. The van der Waals surface area contributed by atoms with Crippen molar-refractivity contribution >= 4 is 28.4 Å². The molecule has 4 aromatic rings. The second-order valence-corrected chi connectivity index (χ2v) is 8.43. The Morgan fingerprint density at radius 2 is 1.86 bits per heavy atom. The van der Waals surface area contributed by atoms with E-state index in [1.165, 1.54) is 19.1 Å². The highest BCUT2D eigenvalue weighted by atomic mass is 19.4. The van der Waals surface area contributed by atoms with Gasteiger partial charge in [-0.2, -0.15) is 13.2 Å². The molecule has 0 atom stereocenters. The molecule has 0 aliphatic heterocycles. The Kier molecular flexibility index (Phi) is 7.21. The molecule has 0 saturated heterocycles. The minimum Gasteiger partial charge on any atom is -0.396 e. The van der Waals surface area contributed by atoms with Gasteiger partial charge >= 0.3 is 6.18 Å². The third kappa shape index (κ3) is 5.46. The van der Waals surface area contributed by atoms with Gasteiger partial charge in [-0.25, -0.2) is 9.97 Å². The van der Waals surface area contributed by atoms with Gasteiger partial charge in [-0.15, -0.1) is 0 Å². The summed E-state index contributed by atoms with van der Waals surface area (Å²) >= 11 is 0. The Labute approximate surface area is 206 Å². The molecule has 0 fully saturated rings. The molecule has 0 radical (unpaired) electrons. The fourth-order valence-electron chi connectivity index (χ4n) is 3.91. The monoisotopic (exact) mass is 494 g/mol. The van der Waals surface area contributed by atoms with Gasteiger partial charge in [0.05, 0.1) is 11.1 Å². The third-order valence-corrected chi connectivity index (χ3v) is 5.90. The lowest BCUT2D eigenvalue weighted by Gasteiger charge is -2.15. The Hall–Kier alpha value is -3.98. The molecule has 0 saturated carbocycles. The lowest BCUT2D eigenvalue weighted by atomic mass is 9.96. The molecular formula is C27H25F3N4O2. The number of aromatic nitrogens is 2. The van der Waals surface area contributed by atoms with Gasteiger partial charge in [0.1, 0.15) is 0 Å². The fourth-order valence-corrected chi connectivity index (χ4v) is 3.91. The van der Waals surface area contributed by atoms with E-state index < -0.39 is 17.6 Å². The number of nitrogens with one attached hydrogen (secondary N) is 2. The second kappa shape index (κ2) is 10.3. The normalized spacial score (nSPS) is 11.5. The summed E-state index contributed by atoms with van der Waals surface area (Å²) in [6, 6.07) is 14.6. The van der Waals surface area contributed by atoms with Crippen molar-refractivity contribution in [3.8, 4) is 11.1 Å². The summed E-state index contributed by atoms with van der Waals surface area (Å²) in [6.45, 7) is 3.90. The van der Waals surface area contributed by atoms with Crippen molar-refractivity contribution in [2.45, 2.75) is 26.4 Å². The van der Waals surface area contributed by atoms with Crippen LogP contribution in [0.3, 0.4) is 0 Å². The Bertz CT molecular complexity index is 1420. The number of hydrogen-bond acceptors (Lipinski definition) is 5. The Balaban J connectivity index is 1.60. The zero-order chi connectivity index (χ0) is 25.9. The van der Waals surface area contributed by atoms with Crippen molar-refractivity contribution in [2.75, 3.05) is 23.8 Å². The smallest absolute Gasteiger partial charge is 0.396 e. The maximum atomic E-state index is 13.2. The molecule has 0 aliphatic carbocycles. The molecule has 1 amide bonds. The van der Waals surface area contributed by atoms with Crippen molar-refractivity contribution in [3.05, 3.63) is 83.0 Å². The van der Waals surface area contributed by atoms with Crippen LogP contribution in [0, 0.1) is 13.8 Å². The fraction of sp³-hybridized carbons (Fsp3) is 0.222. The largest absolute Gasteiger partial charge is 0.416 e. The van der Waals surface area contributed by atoms with Crippen LogP contribution in [0.25, 0.3) is 22.0 Å². The summed E-state index contributed by atoms with van der Waals surface area (Å²) in [5.41, 5.74) is 2.97. The number of aliphatic hydroxyl groups is 1.